The molecule has 0 bridgehead atoms. The summed E-state index contributed by atoms with van der Waals surface area (Å²) in [6, 6.07) is 8.49. The van der Waals surface area contributed by atoms with Crippen molar-refractivity contribution in [2.45, 2.75) is 37.8 Å². The average Bonchev–Trinajstić information content (AvgIpc) is 2.55. The first kappa shape index (κ1) is 16.3. The lowest BCUT2D eigenvalue weighted by Crippen LogP contribution is -2.48. The Morgan fingerprint density at radius 2 is 1.90 bits per heavy atom. The van der Waals surface area contributed by atoms with E-state index < -0.39 is 0 Å². The molecule has 0 amide bonds. The fraction of sp³-hybridized carbons (Fsp3) is 0.647. The zero-order valence-electron chi connectivity index (χ0n) is 13.4. The summed E-state index contributed by atoms with van der Waals surface area (Å²) in [5.41, 5.74) is 1.03. The topological polar surface area (TPSA) is 39.7 Å². The SMILES string of the molecule is CCCOc1ccc(C(NC)C2(OC)CCOCC2)cc1. The van der Waals surface area contributed by atoms with E-state index in [2.05, 4.69) is 24.4 Å². The first-order chi connectivity index (χ1) is 10.3. The van der Waals surface area contributed by atoms with Crippen molar-refractivity contribution in [2.24, 2.45) is 0 Å². The van der Waals surface area contributed by atoms with Crippen LogP contribution in [0.3, 0.4) is 0 Å². The first-order valence-corrected chi connectivity index (χ1v) is 7.78. The minimum Gasteiger partial charge on any atom is -0.494 e. The van der Waals surface area contributed by atoms with Gasteiger partial charge in [-0.3, -0.25) is 0 Å². The van der Waals surface area contributed by atoms with Crippen LogP contribution in [0.15, 0.2) is 24.3 Å². The van der Waals surface area contributed by atoms with Gasteiger partial charge in [0.15, 0.2) is 0 Å². The summed E-state index contributed by atoms with van der Waals surface area (Å²) in [5.74, 6) is 0.925. The Balaban J connectivity index is 2.15. The fourth-order valence-corrected chi connectivity index (χ4v) is 3.04. The Morgan fingerprint density at radius 1 is 1.24 bits per heavy atom. The van der Waals surface area contributed by atoms with Crippen LogP contribution >= 0.6 is 0 Å². The molecule has 1 atom stereocenters. The number of methoxy groups -OCH3 is 1. The summed E-state index contributed by atoms with van der Waals surface area (Å²) < 4.78 is 17.0. The second-order valence-electron chi connectivity index (χ2n) is 5.52. The monoisotopic (exact) mass is 293 g/mol. The molecule has 1 aliphatic rings. The maximum Gasteiger partial charge on any atom is 0.119 e. The van der Waals surface area contributed by atoms with E-state index in [1.54, 1.807) is 7.11 Å². The number of nitrogens with one attached hydrogen (secondary N) is 1. The van der Waals surface area contributed by atoms with Crippen molar-refractivity contribution >= 4 is 0 Å². The van der Waals surface area contributed by atoms with Gasteiger partial charge in [0.05, 0.1) is 18.2 Å². The van der Waals surface area contributed by atoms with Crippen molar-refractivity contribution in [3.05, 3.63) is 29.8 Å². The number of hydrogen-bond acceptors (Lipinski definition) is 4. The van der Waals surface area contributed by atoms with E-state index >= 15 is 0 Å². The molecule has 0 aliphatic carbocycles. The van der Waals surface area contributed by atoms with Crippen molar-refractivity contribution in [1.29, 1.82) is 0 Å². The highest BCUT2D eigenvalue weighted by Crippen LogP contribution is 2.37. The molecule has 1 heterocycles. The van der Waals surface area contributed by atoms with Crippen LogP contribution in [0, 0.1) is 0 Å². The molecule has 0 spiro atoms. The standard InChI is InChI=1S/C17H27NO3/c1-4-11-21-15-7-5-14(6-8-15)16(18-2)17(19-3)9-12-20-13-10-17/h5-8,16,18H,4,9-13H2,1-3H3. The van der Waals surface area contributed by atoms with Gasteiger partial charge >= 0.3 is 0 Å². The lowest BCUT2D eigenvalue weighted by Gasteiger charge is -2.42. The van der Waals surface area contributed by atoms with Gasteiger partial charge < -0.3 is 19.5 Å². The van der Waals surface area contributed by atoms with Gasteiger partial charge in [0.2, 0.25) is 0 Å². The lowest BCUT2D eigenvalue weighted by molar-refractivity contribution is -0.110. The van der Waals surface area contributed by atoms with Crippen LogP contribution < -0.4 is 10.1 Å². The van der Waals surface area contributed by atoms with Gasteiger partial charge in [-0.05, 0) is 31.2 Å². The Hall–Kier alpha value is -1.10. The summed E-state index contributed by atoms with van der Waals surface area (Å²) in [4.78, 5) is 0. The van der Waals surface area contributed by atoms with Gasteiger partial charge in [0, 0.05) is 33.2 Å². The van der Waals surface area contributed by atoms with E-state index in [4.69, 9.17) is 14.2 Å². The van der Waals surface area contributed by atoms with Crippen molar-refractivity contribution in [1.82, 2.24) is 5.32 Å². The van der Waals surface area contributed by atoms with Crippen LogP contribution in [0.25, 0.3) is 0 Å². The highest BCUT2D eigenvalue weighted by molar-refractivity contribution is 5.31. The lowest BCUT2D eigenvalue weighted by atomic mass is 9.82. The molecule has 1 fully saturated rings. The quantitative estimate of drug-likeness (QED) is 0.839. The number of likely N-dealkylation sites (N-methyl/N-ethyl adjacent to an activating group) is 1. The van der Waals surface area contributed by atoms with Crippen molar-refractivity contribution in [3.8, 4) is 5.75 Å². The van der Waals surface area contributed by atoms with E-state index in [9.17, 15) is 0 Å². The summed E-state index contributed by atoms with van der Waals surface area (Å²) in [7, 11) is 3.79. The normalized spacial score (nSPS) is 19.2. The minimum atomic E-state index is -0.196. The Bertz CT molecular complexity index is 413. The van der Waals surface area contributed by atoms with Crippen LogP contribution in [-0.2, 0) is 9.47 Å². The van der Waals surface area contributed by atoms with Crippen LogP contribution in [0.2, 0.25) is 0 Å². The molecule has 118 valence electrons. The molecule has 0 saturated carbocycles. The van der Waals surface area contributed by atoms with Crippen LogP contribution in [0.5, 0.6) is 5.75 Å². The maximum atomic E-state index is 5.91. The Kier molecular flexibility index (Phi) is 6.03. The molecule has 1 N–H and O–H groups in total. The molecule has 1 aromatic carbocycles. The van der Waals surface area contributed by atoms with Gasteiger partial charge in [-0.1, -0.05) is 19.1 Å². The summed E-state index contributed by atoms with van der Waals surface area (Å²) in [5, 5.41) is 3.42. The predicted octanol–water partition coefficient (Wildman–Crippen LogP) is 2.93. The smallest absolute Gasteiger partial charge is 0.119 e. The first-order valence-electron chi connectivity index (χ1n) is 7.78. The van der Waals surface area contributed by atoms with E-state index in [0.717, 1.165) is 44.8 Å². The molecule has 4 heteroatoms. The molecule has 4 nitrogen and oxygen atoms in total. The minimum absolute atomic E-state index is 0.159. The molecular formula is C17H27NO3. The largest absolute Gasteiger partial charge is 0.494 e. The number of rotatable bonds is 7. The second-order valence-corrected chi connectivity index (χ2v) is 5.52. The van der Waals surface area contributed by atoms with Crippen LogP contribution in [0.1, 0.15) is 37.8 Å². The van der Waals surface area contributed by atoms with Crippen LogP contribution in [-0.4, -0.2) is 39.6 Å². The van der Waals surface area contributed by atoms with Crippen molar-refractivity contribution < 1.29 is 14.2 Å². The summed E-state index contributed by atoms with van der Waals surface area (Å²) >= 11 is 0. The number of hydrogen-bond donors (Lipinski definition) is 1. The molecule has 0 radical (unpaired) electrons. The molecule has 0 aromatic heterocycles. The summed E-state index contributed by atoms with van der Waals surface area (Å²) in [6.45, 7) is 4.38. The third-order valence-electron chi connectivity index (χ3n) is 4.25. The van der Waals surface area contributed by atoms with Gasteiger partial charge in [0.1, 0.15) is 5.75 Å². The number of ether oxygens (including phenoxy) is 3. The van der Waals surface area contributed by atoms with Crippen LogP contribution in [0.4, 0.5) is 0 Å². The molecule has 1 aromatic rings. The molecule has 21 heavy (non-hydrogen) atoms. The fourth-order valence-electron chi connectivity index (χ4n) is 3.04. The molecule has 1 aliphatic heterocycles. The maximum absolute atomic E-state index is 5.91. The van der Waals surface area contributed by atoms with Gasteiger partial charge in [0.25, 0.3) is 0 Å². The highest BCUT2D eigenvalue weighted by Gasteiger charge is 2.40. The van der Waals surface area contributed by atoms with E-state index in [0.29, 0.717) is 0 Å². The average molecular weight is 293 g/mol. The van der Waals surface area contributed by atoms with E-state index in [1.165, 1.54) is 5.56 Å². The summed E-state index contributed by atoms with van der Waals surface area (Å²) in [6.07, 6.45) is 2.83. The van der Waals surface area contributed by atoms with Gasteiger partial charge in [-0.2, -0.15) is 0 Å². The Morgan fingerprint density at radius 3 is 2.43 bits per heavy atom. The zero-order chi connectivity index (χ0) is 15.1. The molecule has 1 saturated heterocycles. The third-order valence-corrected chi connectivity index (χ3v) is 4.25. The van der Waals surface area contributed by atoms with E-state index in [-0.39, 0.29) is 11.6 Å². The third kappa shape index (κ3) is 3.76. The van der Waals surface area contributed by atoms with Crippen molar-refractivity contribution in [2.75, 3.05) is 34.0 Å². The predicted molar refractivity (Wildman–Crippen MR) is 83.8 cm³/mol. The van der Waals surface area contributed by atoms with Gasteiger partial charge in [-0.25, -0.2) is 0 Å². The highest BCUT2D eigenvalue weighted by atomic mass is 16.5. The number of benzene rings is 1. The molecule has 1 unspecified atom stereocenters. The Labute approximate surface area is 127 Å². The molecular weight excluding hydrogens is 266 g/mol. The zero-order valence-corrected chi connectivity index (χ0v) is 13.4. The molecule has 2 rings (SSSR count). The second kappa shape index (κ2) is 7.78. The van der Waals surface area contributed by atoms with Gasteiger partial charge in [-0.15, -0.1) is 0 Å². The van der Waals surface area contributed by atoms with Crippen molar-refractivity contribution in [3.63, 3.8) is 0 Å². The van der Waals surface area contributed by atoms with E-state index in [1.807, 2.05) is 19.2 Å².